The summed E-state index contributed by atoms with van der Waals surface area (Å²) in [6, 6.07) is 1.06. The third-order valence-corrected chi connectivity index (χ3v) is 4.72. The van der Waals surface area contributed by atoms with Gasteiger partial charge in [0.05, 0.1) is 0 Å². The molecular formula is C14H20F3N3S. The lowest BCUT2D eigenvalue weighted by Crippen LogP contribution is -2.16. The first-order valence-corrected chi connectivity index (χ1v) is 8.13. The van der Waals surface area contributed by atoms with Gasteiger partial charge in [0, 0.05) is 17.9 Å². The fraction of sp³-hybridized carbons (Fsp3) is 0.714. The van der Waals surface area contributed by atoms with Crippen molar-refractivity contribution in [2.24, 2.45) is 5.92 Å². The van der Waals surface area contributed by atoms with Crippen molar-refractivity contribution < 1.29 is 13.2 Å². The number of hydrogen-bond donors (Lipinski definition) is 1. The molecule has 2 atom stereocenters. The van der Waals surface area contributed by atoms with Crippen molar-refractivity contribution in [3.63, 3.8) is 0 Å². The molecule has 1 aliphatic carbocycles. The Kier molecular flexibility index (Phi) is 5.35. The molecule has 21 heavy (non-hydrogen) atoms. The van der Waals surface area contributed by atoms with Crippen LogP contribution in [0.15, 0.2) is 11.1 Å². The van der Waals surface area contributed by atoms with Crippen molar-refractivity contribution in [1.29, 1.82) is 0 Å². The van der Waals surface area contributed by atoms with Gasteiger partial charge in [-0.25, -0.2) is 9.97 Å². The number of halogens is 3. The summed E-state index contributed by atoms with van der Waals surface area (Å²) in [5, 5.41) is 3.53. The number of thioether (sulfide) groups is 1. The Morgan fingerprint density at radius 1 is 1.33 bits per heavy atom. The minimum atomic E-state index is -4.44. The van der Waals surface area contributed by atoms with Crippen molar-refractivity contribution in [3.8, 4) is 0 Å². The van der Waals surface area contributed by atoms with E-state index in [4.69, 9.17) is 0 Å². The monoisotopic (exact) mass is 319 g/mol. The standard InChI is InChI=1S/C14H20F3N3S/c1-3-18-13-19-11(14(15,16)17)8-12(20-13)21-10-6-4-5-9(2)7-10/h8-10H,3-7H2,1-2H3,(H,18,19,20). The van der Waals surface area contributed by atoms with Gasteiger partial charge in [-0.05, 0) is 25.7 Å². The van der Waals surface area contributed by atoms with Crippen LogP contribution < -0.4 is 5.32 Å². The minimum Gasteiger partial charge on any atom is -0.354 e. The Labute approximate surface area is 127 Å². The van der Waals surface area contributed by atoms with Gasteiger partial charge in [-0.3, -0.25) is 0 Å². The normalized spacial score (nSPS) is 23.1. The van der Waals surface area contributed by atoms with Crippen LogP contribution in [-0.4, -0.2) is 21.8 Å². The van der Waals surface area contributed by atoms with Gasteiger partial charge in [0.1, 0.15) is 5.03 Å². The Bertz CT molecular complexity index is 479. The van der Waals surface area contributed by atoms with Gasteiger partial charge in [0.2, 0.25) is 5.95 Å². The third kappa shape index (κ3) is 4.76. The number of rotatable bonds is 4. The molecule has 1 fully saturated rings. The molecule has 0 radical (unpaired) electrons. The van der Waals surface area contributed by atoms with E-state index in [-0.39, 0.29) is 5.95 Å². The van der Waals surface area contributed by atoms with Crippen molar-refractivity contribution in [1.82, 2.24) is 9.97 Å². The molecule has 0 aromatic carbocycles. The van der Waals surface area contributed by atoms with E-state index in [1.165, 1.54) is 18.2 Å². The summed E-state index contributed by atoms with van der Waals surface area (Å²) in [5.41, 5.74) is -0.875. The van der Waals surface area contributed by atoms with Crippen LogP contribution in [-0.2, 0) is 6.18 Å². The number of nitrogens with one attached hydrogen (secondary N) is 1. The van der Waals surface area contributed by atoms with E-state index in [1.807, 2.05) is 0 Å². The quantitative estimate of drug-likeness (QED) is 0.823. The van der Waals surface area contributed by atoms with Crippen LogP contribution >= 0.6 is 11.8 Å². The fourth-order valence-corrected chi connectivity index (χ4v) is 3.89. The molecule has 0 aliphatic heterocycles. The van der Waals surface area contributed by atoms with E-state index < -0.39 is 11.9 Å². The molecule has 2 rings (SSSR count). The molecular weight excluding hydrogens is 299 g/mol. The first-order chi connectivity index (χ1) is 9.88. The summed E-state index contributed by atoms with van der Waals surface area (Å²) in [7, 11) is 0. The van der Waals surface area contributed by atoms with Gasteiger partial charge in [0.25, 0.3) is 0 Å². The average Bonchev–Trinajstić information content (AvgIpc) is 2.37. The summed E-state index contributed by atoms with van der Waals surface area (Å²) in [5.74, 6) is 0.687. The first kappa shape index (κ1) is 16.4. The Morgan fingerprint density at radius 3 is 2.71 bits per heavy atom. The highest BCUT2D eigenvalue weighted by atomic mass is 32.2. The third-order valence-electron chi connectivity index (χ3n) is 3.50. The molecule has 0 amide bonds. The zero-order valence-electron chi connectivity index (χ0n) is 12.2. The SMILES string of the molecule is CCNc1nc(SC2CCCC(C)C2)cc(C(F)(F)F)n1. The van der Waals surface area contributed by atoms with Crippen LogP contribution in [0.2, 0.25) is 0 Å². The van der Waals surface area contributed by atoms with Gasteiger partial charge in [-0.2, -0.15) is 13.2 Å². The number of nitrogens with zero attached hydrogens (tertiary/aromatic N) is 2. The highest BCUT2D eigenvalue weighted by molar-refractivity contribution is 7.99. The summed E-state index contributed by atoms with van der Waals surface area (Å²) < 4.78 is 38.7. The van der Waals surface area contributed by atoms with Crippen molar-refractivity contribution in [2.75, 3.05) is 11.9 Å². The van der Waals surface area contributed by atoms with E-state index in [0.29, 0.717) is 22.7 Å². The lowest BCUT2D eigenvalue weighted by atomic mass is 9.91. The van der Waals surface area contributed by atoms with Crippen molar-refractivity contribution >= 4 is 17.7 Å². The molecule has 1 N–H and O–H groups in total. The predicted octanol–water partition coefficient (Wildman–Crippen LogP) is 4.60. The van der Waals surface area contributed by atoms with Crippen LogP contribution in [0, 0.1) is 5.92 Å². The van der Waals surface area contributed by atoms with Gasteiger partial charge < -0.3 is 5.32 Å². The smallest absolute Gasteiger partial charge is 0.354 e. The molecule has 0 bridgehead atoms. The minimum absolute atomic E-state index is 0.0543. The molecule has 0 saturated heterocycles. The number of aromatic nitrogens is 2. The van der Waals surface area contributed by atoms with Crippen LogP contribution in [0.5, 0.6) is 0 Å². The lowest BCUT2D eigenvalue weighted by Gasteiger charge is -2.26. The summed E-state index contributed by atoms with van der Waals surface area (Å²) >= 11 is 1.45. The number of hydrogen-bond acceptors (Lipinski definition) is 4. The van der Waals surface area contributed by atoms with E-state index in [0.717, 1.165) is 25.3 Å². The molecule has 1 aromatic rings. The van der Waals surface area contributed by atoms with Gasteiger partial charge in [0.15, 0.2) is 5.69 Å². The second kappa shape index (κ2) is 6.85. The molecule has 1 heterocycles. The highest BCUT2D eigenvalue weighted by Gasteiger charge is 2.34. The maximum atomic E-state index is 12.9. The first-order valence-electron chi connectivity index (χ1n) is 7.25. The van der Waals surface area contributed by atoms with Gasteiger partial charge in [-0.15, -0.1) is 11.8 Å². The molecule has 118 valence electrons. The van der Waals surface area contributed by atoms with Crippen molar-refractivity contribution in [3.05, 3.63) is 11.8 Å². The lowest BCUT2D eigenvalue weighted by molar-refractivity contribution is -0.141. The van der Waals surface area contributed by atoms with E-state index in [2.05, 4.69) is 22.2 Å². The Hall–Kier alpha value is -0.980. The fourth-order valence-electron chi connectivity index (χ4n) is 2.52. The van der Waals surface area contributed by atoms with Crippen LogP contribution in [0.3, 0.4) is 0 Å². The molecule has 7 heteroatoms. The van der Waals surface area contributed by atoms with Crippen LogP contribution in [0.1, 0.15) is 45.2 Å². The summed E-state index contributed by atoms with van der Waals surface area (Å²) in [4.78, 5) is 7.74. The molecule has 1 saturated carbocycles. The average molecular weight is 319 g/mol. The topological polar surface area (TPSA) is 37.8 Å². The second-order valence-corrected chi connectivity index (χ2v) is 6.78. The van der Waals surface area contributed by atoms with E-state index in [1.54, 1.807) is 6.92 Å². The molecule has 1 aromatic heterocycles. The zero-order valence-corrected chi connectivity index (χ0v) is 13.0. The molecule has 2 unspecified atom stereocenters. The molecule has 1 aliphatic rings. The molecule has 3 nitrogen and oxygen atoms in total. The molecule has 0 spiro atoms. The van der Waals surface area contributed by atoms with Crippen molar-refractivity contribution in [2.45, 2.75) is 56.0 Å². The second-order valence-electron chi connectivity index (χ2n) is 5.45. The van der Waals surface area contributed by atoms with Crippen LogP contribution in [0.4, 0.5) is 19.1 Å². The number of anilines is 1. The maximum Gasteiger partial charge on any atom is 0.433 e. The Morgan fingerprint density at radius 2 is 2.10 bits per heavy atom. The zero-order chi connectivity index (χ0) is 15.5. The highest BCUT2D eigenvalue weighted by Crippen LogP contribution is 2.37. The van der Waals surface area contributed by atoms with E-state index >= 15 is 0 Å². The maximum absolute atomic E-state index is 12.9. The Balaban J connectivity index is 2.19. The van der Waals surface area contributed by atoms with E-state index in [9.17, 15) is 13.2 Å². The van der Waals surface area contributed by atoms with Gasteiger partial charge in [-0.1, -0.05) is 19.8 Å². The van der Waals surface area contributed by atoms with Gasteiger partial charge >= 0.3 is 6.18 Å². The summed E-state index contributed by atoms with van der Waals surface area (Å²) in [6.45, 7) is 4.49. The summed E-state index contributed by atoms with van der Waals surface area (Å²) in [6.07, 6.45) is -0.0286. The number of alkyl halides is 3. The van der Waals surface area contributed by atoms with Crippen LogP contribution in [0.25, 0.3) is 0 Å². The largest absolute Gasteiger partial charge is 0.433 e. The predicted molar refractivity (Wildman–Crippen MR) is 78.5 cm³/mol.